The molecule has 0 bridgehead atoms. The van der Waals surface area contributed by atoms with E-state index < -0.39 is 5.97 Å². The van der Waals surface area contributed by atoms with E-state index in [0.29, 0.717) is 13.1 Å². The number of anilines is 1. The lowest BCUT2D eigenvalue weighted by atomic mass is 9.99. The maximum atomic E-state index is 11.2. The number of nitrogens with zero attached hydrogens (tertiary/aromatic N) is 4. The van der Waals surface area contributed by atoms with Crippen molar-refractivity contribution in [3.8, 4) is 0 Å². The van der Waals surface area contributed by atoms with E-state index >= 15 is 0 Å². The molecule has 0 spiro atoms. The number of aromatic nitrogens is 3. The molecule has 100 valence electrons. The summed E-state index contributed by atoms with van der Waals surface area (Å²) in [7, 11) is 0. The second-order valence-electron chi connectivity index (χ2n) is 4.97. The van der Waals surface area contributed by atoms with Crippen LogP contribution in [0.5, 0.6) is 0 Å². The van der Waals surface area contributed by atoms with Gasteiger partial charge in [-0.25, -0.2) is 9.97 Å². The van der Waals surface area contributed by atoms with Gasteiger partial charge in [-0.05, 0) is 24.4 Å². The summed E-state index contributed by atoms with van der Waals surface area (Å²) in [6, 6.07) is 0. The van der Waals surface area contributed by atoms with E-state index in [1.165, 1.54) is 17.9 Å². The minimum Gasteiger partial charge on any atom is -0.481 e. The molecule has 2 atom stereocenters. The first-order chi connectivity index (χ1) is 9.08. The first kappa shape index (κ1) is 12.3. The van der Waals surface area contributed by atoms with Crippen LogP contribution >= 0.6 is 11.5 Å². The highest BCUT2D eigenvalue weighted by Gasteiger charge is 2.36. The number of fused-ring (bicyclic) bond motifs is 1. The molecule has 1 fully saturated rings. The molecule has 1 aliphatic heterocycles. The van der Waals surface area contributed by atoms with Crippen molar-refractivity contribution in [2.45, 2.75) is 13.8 Å². The molecule has 1 N–H and O–H groups in total. The van der Waals surface area contributed by atoms with E-state index in [1.807, 2.05) is 18.7 Å². The first-order valence-corrected chi connectivity index (χ1v) is 6.90. The third-order valence-corrected chi connectivity index (χ3v) is 4.50. The van der Waals surface area contributed by atoms with E-state index in [1.54, 1.807) is 0 Å². The predicted molar refractivity (Wildman–Crippen MR) is 72.4 cm³/mol. The molecule has 0 amide bonds. The third kappa shape index (κ3) is 1.94. The molecule has 7 heteroatoms. The molecule has 3 heterocycles. The van der Waals surface area contributed by atoms with Gasteiger partial charge < -0.3 is 10.0 Å². The summed E-state index contributed by atoms with van der Waals surface area (Å²) in [5.74, 6) is -0.140. The Hall–Kier alpha value is -1.76. The highest BCUT2D eigenvalue weighted by atomic mass is 32.1. The van der Waals surface area contributed by atoms with Gasteiger partial charge in [0.05, 0.1) is 17.0 Å². The van der Waals surface area contributed by atoms with E-state index in [2.05, 4.69) is 14.3 Å². The van der Waals surface area contributed by atoms with Crippen LogP contribution in [0.3, 0.4) is 0 Å². The summed E-state index contributed by atoms with van der Waals surface area (Å²) in [5, 5.41) is 10.2. The van der Waals surface area contributed by atoms with E-state index in [4.69, 9.17) is 0 Å². The van der Waals surface area contributed by atoms with Crippen molar-refractivity contribution in [1.29, 1.82) is 0 Å². The number of hydrogen-bond donors (Lipinski definition) is 1. The van der Waals surface area contributed by atoms with Gasteiger partial charge in [-0.3, -0.25) is 4.79 Å². The Morgan fingerprint density at radius 2 is 2.26 bits per heavy atom. The smallest absolute Gasteiger partial charge is 0.308 e. The molecule has 6 nitrogen and oxygen atoms in total. The molecule has 1 saturated heterocycles. The van der Waals surface area contributed by atoms with E-state index in [9.17, 15) is 9.90 Å². The van der Waals surface area contributed by atoms with Crippen molar-refractivity contribution >= 4 is 33.5 Å². The molecule has 2 aromatic rings. The Labute approximate surface area is 114 Å². The Morgan fingerprint density at radius 3 is 2.95 bits per heavy atom. The van der Waals surface area contributed by atoms with Crippen LogP contribution in [0.25, 0.3) is 10.2 Å². The van der Waals surface area contributed by atoms with Crippen molar-refractivity contribution in [2.75, 3.05) is 18.0 Å². The van der Waals surface area contributed by atoms with Crippen LogP contribution in [0.4, 0.5) is 5.82 Å². The van der Waals surface area contributed by atoms with Gasteiger partial charge in [0.15, 0.2) is 0 Å². The molecule has 2 aromatic heterocycles. The van der Waals surface area contributed by atoms with Crippen molar-refractivity contribution in [1.82, 2.24) is 14.3 Å². The van der Waals surface area contributed by atoms with Gasteiger partial charge in [0.2, 0.25) is 0 Å². The van der Waals surface area contributed by atoms with Crippen molar-refractivity contribution in [3.63, 3.8) is 0 Å². The van der Waals surface area contributed by atoms with Crippen molar-refractivity contribution in [2.24, 2.45) is 11.8 Å². The van der Waals surface area contributed by atoms with Gasteiger partial charge in [-0.1, -0.05) is 6.92 Å². The fourth-order valence-electron chi connectivity index (χ4n) is 2.60. The second kappa shape index (κ2) is 4.41. The molecule has 2 unspecified atom stereocenters. The number of carboxylic acid groups (broad SMARTS) is 1. The molecular weight excluding hydrogens is 264 g/mol. The molecule has 0 aliphatic carbocycles. The zero-order valence-corrected chi connectivity index (χ0v) is 11.5. The zero-order chi connectivity index (χ0) is 13.6. The Bertz CT molecular complexity index is 642. The topological polar surface area (TPSA) is 79.2 Å². The van der Waals surface area contributed by atoms with Crippen LogP contribution in [0, 0.1) is 18.8 Å². The Kier molecular flexibility index (Phi) is 2.85. The molecular formula is C12H14N4O2S. The van der Waals surface area contributed by atoms with Crippen LogP contribution < -0.4 is 4.90 Å². The minimum atomic E-state index is -0.736. The van der Waals surface area contributed by atoms with Crippen molar-refractivity contribution in [3.05, 3.63) is 12.0 Å². The standard InChI is InChI=1S/C12H14N4O2S/c1-6-3-16(4-8(6)12(17)18)10-9-7(2)15-19-11(9)14-5-13-10/h5-6,8H,3-4H2,1-2H3,(H,17,18). The molecule has 3 rings (SSSR count). The van der Waals surface area contributed by atoms with Crippen LogP contribution in [-0.2, 0) is 4.79 Å². The average Bonchev–Trinajstić information content (AvgIpc) is 2.93. The van der Waals surface area contributed by atoms with Crippen LogP contribution in [-0.4, -0.2) is 38.5 Å². The number of hydrogen-bond acceptors (Lipinski definition) is 6. The summed E-state index contributed by atoms with van der Waals surface area (Å²) < 4.78 is 4.30. The second-order valence-corrected chi connectivity index (χ2v) is 5.72. The van der Waals surface area contributed by atoms with Crippen LogP contribution in [0.1, 0.15) is 12.6 Å². The largest absolute Gasteiger partial charge is 0.481 e. The predicted octanol–water partition coefficient (Wildman–Crippen LogP) is 1.55. The summed E-state index contributed by atoms with van der Waals surface area (Å²) in [5.41, 5.74) is 0.905. The molecule has 1 aliphatic rings. The quantitative estimate of drug-likeness (QED) is 0.898. The average molecular weight is 278 g/mol. The maximum absolute atomic E-state index is 11.2. The number of aryl methyl sites for hydroxylation is 1. The van der Waals surface area contributed by atoms with E-state index in [0.717, 1.165) is 21.7 Å². The normalized spacial score (nSPS) is 23.2. The number of rotatable bonds is 2. The fraction of sp³-hybridized carbons (Fsp3) is 0.500. The summed E-state index contributed by atoms with van der Waals surface area (Å²) in [4.78, 5) is 22.6. The van der Waals surface area contributed by atoms with Gasteiger partial charge >= 0.3 is 5.97 Å². The molecule has 0 radical (unpaired) electrons. The first-order valence-electron chi connectivity index (χ1n) is 6.12. The Balaban J connectivity index is 2.02. The van der Waals surface area contributed by atoms with Crippen LogP contribution in [0.2, 0.25) is 0 Å². The fourth-order valence-corrected chi connectivity index (χ4v) is 3.34. The Morgan fingerprint density at radius 1 is 1.47 bits per heavy atom. The minimum absolute atomic E-state index is 0.120. The van der Waals surface area contributed by atoms with Gasteiger partial charge in [-0.15, -0.1) is 0 Å². The number of aliphatic carboxylic acids is 1. The van der Waals surface area contributed by atoms with Crippen LogP contribution in [0.15, 0.2) is 6.33 Å². The third-order valence-electron chi connectivity index (χ3n) is 3.65. The van der Waals surface area contributed by atoms with Crippen molar-refractivity contribution < 1.29 is 9.90 Å². The lowest BCUT2D eigenvalue weighted by molar-refractivity contribution is -0.142. The maximum Gasteiger partial charge on any atom is 0.308 e. The zero-order valence-electron chi connectivity index (χ0n) is 10.7. The van der Waals surface area contributed by atoms with Gasteiger partial charge in [0.1, 0.15) is 17.0 Å². The monoisotopic (exact) mass is 278 g/mol. The molecule has 19 heavy (non-hydrogen) atoms. The summed E-state index contributed by atoms with van der Waals surface area (Å²) in [6.07, 6.45) is 1.52. The summed E-state index contributed by atoms with van der Waals surface area (Å²) >= 11 is 1.35. The molecule has 0 aromatic carbocycles. The number of carbonyl (C=O) groups is 1. The van der Waals surface area contributed by atoms with Gasteiger partial charge in [0.25, 0.3) is 0 Å². The van der Waals surface area contributed by atoms with Gasteiger partial charge in [-0.2, -0.15) is 4.37 Å². The van der Waals surface area contributed by atoms with E-state index in [-0.39, 0.29) is 11.8 Å². The lowest BCUT2D eigenvalue weighted by Crippen LogP contribution is -2.24. The number of carboxylic acids is 1. The highest BCUT2D eigenvalue weighted by molar-refractivity contribution is 7.13. The highest BCUT2D eigenvalue weighted by Crippen LogP contribution is 2.33. The summed E-state index contributed by atoms with van der Waals surface area (Å²) in [6.45, 7) is 5.10. The SMILES string of the molecule is Cc1nsc2ncnc(N3CC(C)C(C(=O)O)C3)c12. The lowest BCUT2D eigenvalue weighted by Gasteiger charge is -2.17. The molecule has 0 saturated carbocycles. The van der Waals surface area contributed by atoms with Gasteiger partial charge in [0, 0.05) is 13.1 Å².